The van der Waals surface area contributed by atoms with Crippen LogP contribution in [0.4, 0.5) is 0 Å². The Bertz CT molecular complexity index is 249. The minimum atomic E-state index is 0.0758. The number of H-pyrrole nitrogens is 1. The van der Waals surface area contributed by atoms with Crippen molar-refractivity contribution >= 4 is 0 Å². The maximum atomic E-state index is 6.16. The summed E-state index contributed by atoms with van der Waals surface area (Å²) < 4.78 is 0. The standard InChI is InChI=1S/C10H18N4/c11-10(9-7-12-14-13-9)8-5-3-1-2-4-6-8/h7-8,10H,1-6,11H2,(H,12,13,14). The minimum absolute atomic E-state index is 0.0758. The molecule has 0 spiro atoms. The zero-order chi connectivity index (χ0) is 9.80. The summed E-state index contributed by atoms with van der Waals surface area (Å²) >= 11 is 0. The van der Waals surface area contributed by atoms with Gasteiger partial charge in [-0.25, -0.2) is 0 Å². The van der Waals surface area contributed by atoms with E-state index >= 15 is 0 Å². The summed E-state index contributed by atoms with van der Waals surface area (Å²) in [5, 5.41) is 10.5. The summed E-state index contributed by atoms with van der Waals surface area (Å²) in [5.74, 6) is 0.600. The van der Waals surface area contributed by atoms with Gasteiger partial charge >= 0.3 is 0 Å². The lowest BCUT2D eigenvalue weighted by Gasteiger charge is -2.19. The molecular weight excluding hydrogens is 176 g/mol. The van der Waals surface area contributed by atoms with E-state index in [1.807, 2.05) is 0 Å². The molecule has 14 heavy (non-hydrogen) atoms. The maximum Gasteiger partial charge on any atom is 0.0994 e. The largest absolute Gasteiger partial charge is 0.322 e. The average Bonchev–Trinajstić information content (AvgIpc) is 2.59. The summed E-state index contributed by atoms with van der Waals surface area (Å²) in [4.78, 5) is 0. The number of nitrogens with one attached hydrogen (secondary N) is 1. The van der Waals surface area contributed by atoms with Crippen molar-refractivity contribution in [2.24, 2.45) is 11.7 Å². The first kappa shape index (κ1) is 9.65. The number of nitrogens with zero attached hydrogens (tertiary/aromatic N) is 2. The van der Waals surface area contributed by atoms with Crippen molar-refractivity contribution in [3.63, 3.8) is 0 Å². The highest BCUT2D eigenvalue weighted by atomic mass is 15.3. The third-order valence-electron chi connectivity index (χ3n) is 3.18. The number of hydrogen-bond donors (Lipinski definition) is 2. The molecule has 1 atom stereocenters. The van der Waals surface area contributed by atoms with Gasteiger partial charge < -0.3 is 5.73 Å². The van der Waals surface area contributed by atoms with Crippen LogP contribution >= 0.6 is 0 Å². The molecular formula is C10H18N4. The van der Waals surface area contributed by atoms with E-state index in [2.05, 4.69) is 15.4 Å². The van der Waals surface area contributed by atoms with E-state index in [4.69, 9.17) is 5.73 Å². The molecule has 0 radical (unpaired) electrons. The number of rotatable bonds is 2. The van der Waals surface area contributed by atoms with Crippen LogP contribution in [0, 0.1) is 5.92 Å². The van der Waals surface area contributed by atoms with E-state index in [0.29, 0.717) is 5.92 Å². The Morgan fingerprint density at radius 2 is 2.00 bits per heavy atom. The molecule has 1 heterocycles. The van der Waals surface area contributed by atoms with E-state index in [1.54, 1.807) is 6.20 Å². The van der Waals surface area contributed by atoms with Gasteiger partial charge in [-0.2, -0.15) is 15.4 Å². The Balaban J connectivity index is 1.99. The molecule has 1 fully saturated rings. The van der Waals surface area contributed by atoms with Gasteiger partial charge in [0.15, 0.2) is 0 Å². The quantitative estimate of drug-likeness (QED) is 0.705. The molecule has 1 aliphatic rings. The van der Waals surface area contributed by atoms with Gasteiger partial charge in [-0.3, -0.25) is 0 Å². The number of aromatic nitrogens is 3. The molecule has 0 aliphatic heterocycles. The van der Waals surface area contributed by atoms with Crippen LogP contribution in [-0.4, -0.2) is 15.4 Å². The van der Waals surface area contributed by atoms with E-state index in [-0.39, 0.29) is 6.04 Å². The molecule has 4 nitrogen and oxygen atoms in total. The second kappa shape index (κ2) is 4.55. The van der Waals surface area contributed by atoms with Crippen LogP contribution < -0.4 is 5.73 Å². The normalized spacial score (nSPS) is 21.8. The molecule has 3 N–H and O–H groups in total. The van der Waals surface area contributed by atoms with Crippen molar-refractivity contribution in [3.8, 4) is 0 Å². The van der Waals surface area contributed by atoms with Crippen LogP contribution in [0.25, 0.3) is 0 Å². The number of aromatic amines is 1. The fourth-order valence-corrected chi connectivity index (χ4v) is 2.28. The van der Waals surface area contributed by atoms with Crippen LogP contribution in [-0.2, 0) is 0 Å². The third-order valence-corrected chi connectivity index (χ3v) is 3.18. The SMILES string of the molecule is NC(c1cn[nH]n1)C1CCCCCC1. The molecule has 1 aromatic heterocycles. The predicted molar refractivity (Wildman–Crippen MR) is 54.5 cm³/mol. The van der Waals surface area contributed by atoms with Gasteiger partial charge in [0.2, 0.25) is 0 Å². The Morgan fingerprint density at radius 1 is 1.29 bits per heavy atom. The monoisotopic (exact) mass is 194 g/mol. The highest BCUT2D eigenvalue weighted by Gasteiger charge is 2.22. The molecule has 0 bridgehead atoms. The summed E-state index contributed by atoms with van der Waals surface area (Å²) in [7, 11) is 0. The summed E-state index contributed by atoms with van der Waals surface area (Å²) in [6.45, 7) is 0. The number of hydrogen-bond acceptors (Lipinski definition) is 3. The minimum Gasteiger partial charge on any atom is -0.322 e. The lowest BCUT2D eigenvalue weighted by atomic mass is 9.91. The Labute approximate surface area is 84.3 Å². The molecule has 78 valence electrons. The predicted octanol–water partition coefficient (Wildman–Crippen LogP) is 1.77. The lowest BCUT2D eigenvalue weighted by Crippen LogP contribution is -2.21. The van der Waals surface area contributed by atoms with Crippen molar-refractivity contribution in [3.05, 3.63) is 11.9 Å². The second-order valence-corrected chi connectivity index (χ2v) is 4.17. The lowest BCUT2D eigenvalue weighted by molar-refractivity contribution is 0.376. The molecule has 4 heteroatoms. The van der Waals surface area contributed by atoms with Crippen LogP contribution in [0.5, 0.6) is 0 Å². The first-order chi connectivity index (χ1) is 6.88. The van der Waals surface area contributed by atoms with Gasteiger partial charge in [0.1, 0.15) is 0 Å². The topological polar surface area (TPSA) is 67.6 Å². The summed E-state index contributed by atoms with van der Waals surface area (Å²) in [6, 6.07) is 0.0758. The van der Waals surface area contributed by atoms with Gasteiger partial charge in [0.05, 0.1) is 17.9 Å². The molecule has 0 aromatic carbocycles. The first-order valence-corrected chi connectivity index (χ1v) is 5.49. The van der Waals surface area contributed by atoms with Crippen molar-refractivity contribution < 1.29 is 0 Å². The van der Waals surface area contributed by atoms with Crippen molar-refractivity contribution in [2.45, 2.75) is 44.6 Å². The Hall–Kier alpha value is -0.900. The van der Waals surface area contributed by atoms with Gasteiger partial charge in [-0.15, -0.1) is 0 Å². The van der Waals surface area contributed by atoms with Crippen molar-refractivity contribution in [2.75, 3.05) is 0 Å². The highest BCUT2D eigenvalue weighted by molar-refractivity contribution is 5.00. The van der Waals surface area contributed by atoms with Crippen LogP contribution in [0.3, 0.4) is 0 Å². The summed E-state index contributed by atoms with van der Waals surface area (Å²) in [5.41, 5.74) is 7.07. The van der Waals surface area contributed by atoms with Gasteiger partial charge in [-0.1, -0.05) is 25.7 Å². The molecule has 1 aliphatic carbocycles. The van der Waals surface area contributed by atoms with Crippen LogP contribution in [0.15, 0.2) is 6.20 Å². The Kier molecular flexibility index (Phi) is 3.14. The average molecular weight is 194 g/mol. The molecule has 1 saturated carbocycles. The van der Waals surface area contributed by atoms with Crippen LogP contribution in [0.2, 0.25) is 0 Å². The molecule has 0 amide bonds. The second-order valence-electron chi connectivity index (χ2n) is 4.17. The fraction of sp³-hybridized carbons (Fsp3) is 0.800. The zero-order valence-electron chi connectivity index (χ0n) is 8.45. The van der Waals surface area contributed by atoms with E-state index < -0.39 is 0 Å². The van der Waals surface area contributed by atoms with Crippen molar-refractivity contribution in [1.29, 1.82) is 0 Å². The van der Waals surface area contributed by atoms with E-state index in [1.165, 1.54) is 38.5 Å². The highest BCUT2D eigenvalue weighted by Crippen LogP contribution is 2.30. The summed E-state index contributed by atoms with van der Waals surface area (Å²) in [6.07, 6.45) is 9.59. The van der Waals surface area contributed by atoms with Crippen LogP contribution in [0.1, 0.15) is 50.3 Å². The maximum absolute atomic E-state index is 6.16. The fourth-order valence-electron chi connectivity index (χ4n) is 2.28. The first-order valence-electron chi connectivity index (χ1n) is 5.49. The smallest absolute Gasteiger partial charge is 0.0994 e. The zero-order valence-corrected chi connectivity index (χ0v) is 8.45. The molecule has 1 aromatic rings. The van der Waals surface area contributed by atoms with Gasteiger partial charge in [0, 0.05) is 0 Å². The Morgan fingerprint density at radius 3 is 2.57 bits per heavy atom. The van der Waals surface area contributed by atoms with E-state index in [0.717, 1.165) is 5.69 Å². The van der Waals surface area contributed by atoms with E-state index in [9.17, 15) is 0 Å². The van der Waals surface area contributed by atoms with Gasteiger partial charge in [0.25, 0.3) is 0 Å². The van der Waals surface area contributed by atoms with Gasteiger partial charge in [-0.05, 0) is 18.8 Å². The number of nitrogens with two attached hydrogens (primary N) is 1. The van der Waals surface area contributed by atoms with Crippen molar-refractivity contribution in [1.82, 2.24) is 15.4 Å². The molecule has 2 rings (SSSR count). The third kappa shape index (κ3) is 2.12. The molecule has 1 unspecified atom stereocenters. The molecule has 0 saturated heterocycles.